The summed E-state index contributed by atoms with van der Waals surface area (Å²) in [6.07, 6.45) is 0. The summed E-state index contributed by atoms with van der Waals surface area (Å²) in [7, 11) is 0. The molecular formula is C42H27NS. The summed E-state index contributed by atoms with van der Waals surface area (Å²) in [5, 5.41) is 7.74. The largest absolute Gasteiger partial charge is 0.308 e. The van der Waals surface area contributed by atoms with E-state index in [2.05, 4.69) is 169 Å². The Bertz CT molecular complexity index is 2290. The first kappa shape index (κ1) is 25.2. The van der Waals surface area contributed by atoms with Crippen LogP contribution in [0.1, 0.15) is 0 Å². The van der Waals surface area contributed by atoms with Crippen molar-refractivity contribution in [2.45, 2.75) is 9.79 Å². The van der Waals surface area contributed by atoms with E-state index in [1.165, 1.54) is 81.4 Å². The standard InChI is InChI=1S/C42H27NS/c1-2-12-28(13-3-1)29-23-25-38(43-39-18-8-10-20-41(39)44-42-21-11-9-19-40(42)43)36(26-29)30-22-24-35-33-16-5-4-14-31(33)32-15-6-7-17-34(32)37(35)27-30/h1-27H. The van der Waals surface area contributed by atoms with Gasteiger partial charge in [-0.05, 0) is 91.5 Å². The van der Waals surface area contributed by atoms with Crippen LogP contribution in [0.5, 0.6) is 0 Å². The molecule has 1 nitrogen and oxygen atoms in total. The van der Waals surface area contributed by atoms with Crippen LogP contribution in [0.2, 0.25) is 0 Å². The van der Waals surface area contributed by atoms with E-state index in [0.717, 1.165) is 0 Å². The number of para-hydroxylation sites is 2. The minimum absolute atomic E-state index is 1.18. The third-order valence-corrected chi connectivity index (χ3v) is 9.96. The van der Waals surface area contributed by atoms with Crippen LogP contribution < -0.4 is 4.90 Å². The van der Waals surface area contributed by atoms with Crippen LogP contribution in [0.25, 0.3) is 54.6 Å². The predicted molar refractivity (Wildman–Crippen MR) is 189 cm³/mol. The summed E-state index contributed by atoms with van der Waals surface area (Å²) in [4.78, 5) is 4.98. The van der Waals surface area contributed by atoms with E-state index in [4.69, 9.17) is 0 Å². The molecule has 0 fully saturated rings. The van der Waals surface area contributed by atoms with Gasteiger partial charge >= 0.3 is 0 Å². The Morgan fingerprint density at radius 1 is 0.318 bits per heavy atom. The maximum absolute atomic E-state index is 2.45. The zero-order valence-electron chi connectivity index (χ0n) is 23.9. The Morgan fingerprint density at radius 2 is 0.818 bits per heavy atom. The van der Waals surface area contributed by atoms with Crippen molar-refractivity contribution in [1.29, 1.82) is 0 Å². The molecule has 1 aliphatic heterocycles. The number of rotatable bonds is 3. The Kier molecular flexibility index (Phi) is 5.82. The van der Waals surface area contributed by atoms with Gasteiger partial charge in [0.2, 0.25) is 0 Å². The predicted octanol–water partition coefficient (Wildman–Crippen LogP) is 12.4. The summed E-state index contributed by atoms with van der Waals surface area (Å²) in [5.41, 5.74) is 8.44. The molecule has 0 unspecified atom stereocenters. The molecule has 44 heavy (non-hydrogen) atoms. The molecule has 1 aliphatic rings. The first-order valence-electron chi connectivity index (χ1n) is 15.0. The number of hydrogen-bond donors (Lipinski definition) is 0. The lowest BCUT2D eigenvalue weighted by Crippen LogP contribution is -2.15. The van der Waals surface area contributed by atoms with E-state index >= 15 is 0 Å². The third kappa shape index (κ3) is 3.96. The molecule has 1 heterocycles. The first-order chi connectivity index (χ1) is 21.8. The lowest BCUT2D eigenvalue weighted by Gasteiger charge is -2.34. The molecule has 0 aromatic heterocycles. The molecule has 0 aliphatic carbocycles. The molecule has 0 bridgehead atoms. The van der Waals surface area contributed by atoms with Crippen LogP contribution in [0.3, 0.4) is 0 Å². The molecule has 8 aromatic rings. The van der Waals surface area contributed by atoms with Crippen molar-refractivity contribution in [3.63, 3.8) is 0 Å². The lowest BCUT2D eigenvalue weighted by molar-refractivity contribution is 1.17. The quantitative estimate of drug-likeness (QED) is 0.192. The van der Waals surface area contributed by atoms with E-state index in [-0.39, 0.29) is 0 Å². The van der Waals surface area contributed by atoms with Gasteiger partial charge in [0.1, 0.15) is 0 Å². The number of anilines is 3. The van der Waals surface area contributed by atoms with Gasteiger partial charge in [-0.1, -0.05) is 133 Å². The average molecular weight is 578 g/mol. The topological polar surface area (TPSA) is 3.24 Å². The molecule has 0 N–H and O–H groups in total. The van der Waals surface area contributed by atoms with Gasteiger partial charge < -0.3 is 4.90 Å². The third-order valence-electron chi connectivity index (χ3n) is 8.83. The van der Waals surface area contributed by atoms with Crippen molar-refractivity contribution in [2.75, 3.05) is 4.90 Å². The fourth-order valence-corrected chi connectivity index (χ4v) is 7.87. The van der Waals surface area contributed by atoms with Crippen molar-refractivity contribution >= 4 is 61.1 Å². The van der Waals surface area contributed by atoms with Gasteiger partial charge in [-0.2, -0.15) is 0 Å². The van der Waals surface area contributed by atoms with E-state index < -0.39 is 0 Å². The second-order valence-electron chi connectivity index (χ2n) is 11.3. The van der Waals surface area contributed by atoms with Gasteiger partial charge in [-0.3, -0.25) is 0 Å². The van der Waals surface area contributed by atoms with Crippen molar-refractivity contribution < 1.29 is 0 Å². The second kappa shape index (κ2) is 10.2. The van der Waals surface area contributed by atoms with Gasteiger partial charge in [0.25, 0.3) is 0 Å². The van der Waals surface area contributed by atoms with Crippen LogP contribution in [0.15, 0.2) is 174 Å². The number of nitrogens with zero attached hydrogens (tertiary/aromatic N) is 1. The number of benzene rings is 8. The molecule has 0 atom stereocenters. The van der Waals surface area contributed by atoms with E-state index in [1.54, 1.807) is 0 Å². The molecular weight excluding hydrogens is 551 g/mol. The monoisotopic (exact) mass is 577 g/mol. The lowest BCUT2D eigenvalue weighted by atomic mass is 9.90. The Balaban J connectivity index is 1.35. The highest BCUT2D eigenvalue weighted by Crippen LogP contribution is 2.53. The Labute approximate surface area is 261 Å². The van der Waals surface area contributed by atoms with Crippen molar-refractivity contribution in [2.24, 2.45) is 0 Å². The average Bonchev–Trinajstić information content (AvgIpc) is 3.11. The maximum atomic E-state index is 2.45. The molecule has 0 amide bonds. The highest BCUT2D eigenvalue weighted by Gasteiger charge is 2.26. The molecule has 0 saturated heterocycles. The summed E-state index contributed by atoms with van der Waals surface area (Å²) < 4.78 is 0. The Morgan fingerprint density at radius 3 is 1.45 bits per heavy atom. The number of fused-ring (bicyclic) bond motifs is 8. The fraction of sp³-hybridized carbons (Fsp3) is 0. The molecule has 0 saturated carbocycles. The summed E-state index contributed by atoms with van der Waals surface area (Å²) in [6.45, 7) is 0. The van der Waals surface area contributed by atoms with Crippen LogP contribution in [-0.2, 0) is 0 Å². The second-order valence-corrected chi connectivity index (χ2v) is 12.4. The molecule has 8 aromatic carbocycles. The minimum atomic E-state index is 1.18. The number of hydrogen-bond acceptors (Lipinski definition) is 2. The maximum Gasteiger partial charge on any atom is 0.0601 e. The summed E-state index contributed by atoms with van der Waals surface area (Å²) in [6, 6.07) is 59.8. The first-order valence-corrected chi connectivity index (χ1v) is 15.8. The zero-order chi connectivity index (χ0) is 29.0. The smallest absolute Gasteiger partial charge is 0.0601 e. The van der Waals surface area contributed by atoms with Crippen molar-refractivity contribution in [3.05, 3.63) is 164 Å². The Hall–Kier alpha value is -5.31. The van der Waals surface area contributed by atoms with Crippen LogP contribution in [0.4, 0.5) is 17.1 Å². The highest BCUT2D eigenvalue weighted by molar-refractivity contribution is 7.99. The normalized spacial score (nSPS) is 12.4. The van der Waals surface area contributed by atoms with Crippen molar-refractivity contribution in [1.82, 2.24) is 0 Å². The summed E-state index contributed by atoms with van der Waals surface area (Å²) >= 11 is 1.85. The zero-order valence-corrected chi connectivity index (χ0v) is 24.8. The molecule has 9 rings (SSSR count). The van der Waals surface area contributed by atoms with E-state index in [9.17, 15) is 0 Å². The summed E-state index contributed by atoms with van der Waals surface area (Å²) in [5.74, 6) is 0. The molecule has 0 spiro atoms. The molecule has 206 valence electrons. The van der Waals surface area contributed by atoms with E-state index in [1.807, 2.05) is 11.8 Å². The fourth-order valence-electron chi connectivity index (χ4n) is 6.81. The van der Waals surface area contributed by atoms with Gasteiger partial charge in [0.05, 0.1) is 17.1 Å². The van der Waals surface area contributed by atoms with Crippen LogP contribution >= 0.6 is 11.8 Å². The van der Waals surface area contributed by atoms with Crippen molar-refractivity contribution in [3.8, 4) is 22.3 Å². The van der Waals surface area contributed by atoms with Gasteiger partial charge in [-0.15, -0.1) is 0 Å². The van der Waals surface area contributed by atoms with E-state index in [0.29, 0.717) is 0 Å². The van der Waals surface area contributed by atoms with Crippen LogP contribution in [-0.4, -0.2) is 0 Å². The molecule has 2 heteroatoms. The van der Waals surface area contributed by atoms with Gasteiger partial charge in [0.15, 0.2) is 0 Å². The van der Waals surface area contributed by atoms with Gasteiger partial charge in [-0.25, -0.2) is 0 Å². The highest BCUT2D eigenvalue weighted by atomic mass is 32.2. The SMILES string of the molecule is c1ccc(-c2ccc(N3c4ccccc4Sc4ccccc43)c(-c3ccc4c5ccccc5c5ccccc5c4c3)c2)cc1. The molecule has 0 radical (unpaired) electrons. The van der Waals surface area contributed by atoms with Gasteiger partial charge in [0, 0.05) is 15.4 Å². The minimum Gasteiger partial charge on any atom is -0.308 e. The van der Waals surface area contributed by atoms with Crippen LogP contribution in [0, 0.1) is 0 Å².